The molecule has 18 heavy (non-hydrogen) atoms. The van der Waals surface area contributed by atoms with Gasteiger partial charge in [-0.2, -0.15) is 5.26 Å². The van der Waals surface area contributed by atoms with Crippen molar-refractivity contribution in [2.45, 2.75) is 25.3 Å². The third-order valence-corrected chi connectivity index (χ3v) is 4.16. The number of allylic oxidation sites excluding steroid dienone is 1. The highest BCUT2D eigenvalue weighted by atomic mass is 35.5. The summed E-state index contributed by atoms with van der Waals surface area (Å²) in [5.41, 5.74) is 2.76. The molecule has 1 aliphatic heterocycles. The number of pyridine rings is 1. The molecule has 2 aliphatic rings. The van der Waals surface area contributed by atoms with Gasteiger partial charge < -0.3 is 5.32 Å². The van der Waals surface area contributed by atoms with Crippen molar-refractivity contribution in [2.75, 3.05) is 6.54 Å². The lowest BCUT2D eigenvalue weighted by Crippen LogP contribution is -2.39. The Morgan fingerprint density at radius 2 is 2.39 bits per heavy atom. The molecule has 0 spiro atoms. The van der Waals surface area contributed by atoms with Crippen molar-refractivity contribution >= 4 is 17.2 Å². The standard InChI is InChI=1S/C14H14ClN3/c15-14-10(7-16)6-11(8-18-14)12-4-3-9-2-1-5-17-13(9)12/h4,6,8-9,13,17H,1-3,5H2/t9-,13-/m1/s1. The lowest BCUT2D eigenvalue weighted by Gasteiger charge is -2.29. The molecule has 1 aromatic rings. The number of rotatable bonds is 1. The van der Waals surface area contributed by atoms with Crippen LogP contribution in [0.3, 0.4) is 0 Å². The van der Waals surface area contributed by atoms with Gasteiger partial charge in [-0.1, -0.05) is 17.7 Å². The quantitative estimate of drug-likeness (QED) is 0.789. The average molecular weight is 260 g/mol. The molecule has 1 aromatic heterocycles. The number of nitrogens with zero attached hydrogens (tertiary/aromatic N) is 2. The fourth-order valence-corrected chi connectivity index (χ4v) is 3.11. The van der Waals surface area contributed by atoms with Gasteiger partial charge in [0.2, 0.25) is 0 Å². The van der Waals surface area contributed by atoms with Gasteiger partial charge in [0.25, 0.3) is 0 Å². The Kier molecular flexibility index (Phi) is 3.07. The van der Waals surface area contributed by atoms with Crippen molar-refractivity contribution in [2.24, 2.45) is 5.92 Å². The number of hydrogen-bond donors (Lipinski definition) is 1. The third kappa shape index (κ3) is 1.92. The fourth-order valence-electron chi connectivity index (χ4n) is 2.96. The highest BCUT2D eigenvalue weighted by Gasteiger charge is 2.32. The SMILES string of the molecule is N#Cc1cc(C2=CC[C@H]3CCCN[C@@H]23)cnc1Cl. The topological polar surface area (TPSA) is 48.7 Å². The van der Waals surface area contributed by atoms with E-state index < -0.39 is 0 Å². The van der Waals surface area contributed by atoms with Crippen LogP contribution < -0.4 is 5.32 Å². The first kappa shape index (κ1) is 11.7. The minimum Gasteiger partial charge on any atom is -0.310 e. The highest BCUT2D eigenvalue weighted by Crippen LogP contribution is 2.37. The van der Waals surface area contributed by atoms with Crippen LogP contribution in [0, 0.1) is 17.2 Å². The number of halogens is 1. The van der Waals surface area contributed by atoms with E-state index in [2.05, 4.69) is 22.4 Å². The molecule has 1 aliphatic carbocycles. The van der Waals surface area contributed by atoms with E-state index in [0.29, 0.717) is 17.5 Å². The van der Waals surface area contributed by atoms with Gasteiger partial charge in [0.05, 0.1) is 5.56 Å². The van der Waals surface area contributed by atoms with Crippen molar-refractivity contribution in [1.29, 1.82) is 5.26 Å². The van der Waals surface area contributed by atoms with E-state index in [-0.39, 0.29) is 5.15 Å². The molecule has 0 bridgehead atoms. The number of hydrogen-bond acceptors (Lipinski definition) is 3. The Hall–Kier alpha value is -1.37. The van der Waals surface area contributed by atoms with Gasteiger partial charge in [-0.15, -0.1) is 0 Å². The molecule has 3 rings (SSSR count). The monoisotopic (exact) mass is 259 g/mol. The second-order valence-corrected chi connectivity index (χ2v) is 5.26. The summed E-state index contributed by atoms with van der Waals surface area (Å²) in [4.78, 5) is 4.11. The molecule has 3 nitrogen and oxygen atoms in total. The van der Waals surface area contributed by atoms with Crippen LogP contribution in [0.1, 0.15) is 30.4 Å². The number of aromatic nitrogens is 1. The van der Waals surface area contributed by atoms with Crippen LogP contribution in [-0.2, 0) is 0 Å². The highest BCUT2D eigenvalue weighted by molar-refractivity contribution is 6.30. The molecule has 4 heteroatoms. The van der Waals surface area contributed by atoms with E-state index in [4.69, 9.17) is 16.9 Å². The summed E-state index contributed by atoms with van der Waals surface area (Å²) in [5, 5.41) is 12.9. The Labute approximate surface area is 111 Å². The number of nitrogens with one attached hydrogen (secondary N) is 1. The van der Waals surface area contributed by atoms with Crippen LogP contribution in [0.5, 0.6) is 0 Å². The smallest absolute Gasteiger partial charge is 0.146 e. The molecule has 0 unspecified atom stereocenters. The van der Waals surface area contributed by atoms with Gasteiger partial charge in [-0.25, -0.2) is 4.98 Å². The van der Waals surface area contributed by atoms with Gasteiger partial charge in [-0.05, 0) is 48.9 Å². The van der Waals surface area contributed by atoms with Crippen molar-refractivity contribution in [3.63, 3.8) is 0 Å². The Morgan fingerprint density at radius 3 is 3.22 bits per heavy atom. The first-order chi connectivity index (χ1) is 8.79. The summed E-state index contributed by atoms with van der Waals surface area (Å²) in [6, 6.07) is 4.36. The largest absolute Gasteiger partial charge is 0.310 e. The molecule has 0 radical (unpaired) electrons. The average Bonchev–Trinajstić information content (AvgIpc) is 2.83. The molecule has 0 aromatic carbocycles. The Bertz CT molecular complexity index is 544. The van der Waals surface area contributed by atoms with Crippen molar-refractivity contribution in [3.8, 4) is 6.07 Å². The second-order valence-electron chi connectivity index (χ2n) is 4.90. The van der Waals surface area contributed by atoms with Crippen LogP contribution in [-0.4, -0.2) is 17.6 Å². The van der Waals surface area contributed by atoms with E-state index in [1.807, 2.05) is 6.07 Å². The zero-order chi connectivity index (χ0) is 12.5. The van der Waals surface area contributed by atoms with Crippen molar-refractivity contribution in [1.82, 2.24) is 10.3 Å². The molecule has 2 heterocycles. The van der Waals surface area contributed by atoms with Crippen molar-refractivity contribution < 1.29 is 0 Å². The van der Waals surface area contributed by atoms with E-state index in [9.17, 15) is 0 Å². The number of piperidine rings is 1. The number of nitriles is 1. The van der Waals surface area contributed by atoms with Crippen LogP contribution in [0.25, 0.3) is 5.57 Å². The van der Waals surface area contributed by atoms with E-state index in [1.54, 1.807) is 6.20 Å². The van der Waals surface area contributed by atoms with Gasteiger partial charge in [0, 0.05) is 12.2 Å². The summed E-state index contributed by atoms with van der Waals surface area (Å²) >= 11 is 5.87. The molecule has 92 valence electrons. The zero-order valence-electron chi connectivity index (χ0n) is 9.99. The summed E-state index contributed by atoms with van der Waals surface area (Å²) in [6.45, 7) is 1.07. The van der Waals surface area contributed by atoms with E-state index in [1.165, 1.54) is 18.4 Å². The Balaban J connectivity index is 1.94. The molecular weight excluding hydrogens is 246 g/mol. The van der Waals surface area contributed by atoms with Gasteiger partial charge >= 0.3 is 0 Å². The molecule has 2 atom stereocenters. The maximum atomic E-state index is 9.01. The summed E-state index contributed by atoms with van der Waals surface area (Å²) in [6.07, 6.45) is 7.71. The van der Waals surface area contributed by atoms with Crippen LogP contribution in [0.15, 0.2) is 18.3 Å². The van der Waals surface area contributed by atoms with Crippen LogP contribution in [0.4, 0.5) is 0 Å². The lowest BCUT2D eigenvalue weighted by molar-refractivity contribution is 0.346. The minimum absolute atomic E-state index is 0.285. The third-order valence-electron chi connectivity index (χ3n) is 3.86. The summed E-state index contributed by atoms with van der Waals surface area (Å²) in [7, 11) is 0. The zero-order valence-corrected chi connectivity index (χ0v) is 10.7. The van der Waals surface area contributed by atoms with Crippen LogP contribution >= 0.6 is 11.6 Å². The second kappa shape index (κ2) is 4.72. The minimum atomic E-state index is 0.285. The first-order valence-electron chi connectivity index (χ1n) is 6.29. The molecule has 1 N–H and O–H groups in total. The van der Waals surface area contributed by atoms with Gasteiger partial charge in [0.1, 0.15) is 11.2 Å². The molecule has 0 amide bonds. The van der Waals surface area contributed by atoms with E-state index >= 15 is 0 Å². The maximum Gasteiger partial charge on any atom is 0.146 e. The van der Waals surface area contributed by atoms with Crippen molar-refractivity contribution in [3.05, 3.63) is 34.6 Å². The fraction of sp³-hybridized carbons (Fsp3) is 0.429. The normalized spacial score (nSPS) is 26.3. The predicted molar refractivity (Wildman–Crippen MR) is 71.1 cm³/mol. The number of fused-ring (bicyclic) bond motifs is 1. The molecule has 0 saturated carbocycles. The Morgan fingerprint density at radius 1 is 1.50 bits per heavy atom. The first-order valence-corrected chi connectivity index (χ1v) is 6.67. The lowest BCUT2D eigenvalue weighted by atomic mass is 9.88. The maximum absolute atomic E-state index is 9.01. The van der Waals surface area contributed by atoms with Gasteiger partial charge in [-0.3, -0.25) is 0 Å². The summed E-state index contributed by atoms with van der Waals surface area (Å²) in [5.74, 6) is 0.704. The van der Waals surface area contributed by atoms with Crippen LogP contribution in [0.2, 0.25) is 5.15 Å². The van der Waals surface area contributed by atoms with E-state index in [0.717, 1.165) is 18.5 Å². The molecular formula is C14H14ClN3. The van der Waals surface area contributed by atoms with Gasteiger partial charge in [0.15, 0.2) is 0 Å². The summed E-state index contributed by atoms with van der Waals surface area (Å²) < 4.78 is 0. The molecule has 1 fully saturated rings. The molecule has 1 saturated heterocycles. The predicted octanol–water partition coefficient (Wildman–Crippen LogP) is 2.76.